The minimum atomic E-state index is -4.52. The molecule has 1 aliphatic rings. The fourth-order valence-electron chi connectivity index (χ4n) is 5.15. The molecule has 8 heteroatoms. The SMILES string of the molecule is CC(C)c1ccc(C[C@]2(C)Cc3cc(CCC(=O)N(CC(=O)O)Cc4cccc(C(F)(F)F)c4)ccc3O2)cc1. The van der Waals surface area contributed by atoms with Crippen LogP contribution < -0.4 is 4.74 Å². The molecule has 0 saturated carbocycles. The summed E-state index contributed by atoms with van der Waals surface area (Å²) in [4.78, 5) is 25.4. The summed E-state index contributed by atoms with van der Waals surface area (Å²) in [5.41, 5.74) is 3.45. The van der Waals surface area contributed by atoms with Gasteiger partial charge in [-0.05, 0) is 65.3 Å². The van der Waals surface area contributed by atoms with E-state index in [0.29, 0.717) is 12.3 Å². The molecule has 0 unspecified atom stereocenters. The molecule has 0 radical (unpaired) electrons. The molecule has 5 nitrogen and oxygen atoms in total. The van der Waals surface area contributed by atoms with Crippen molar-refractivity contribution in [1.82, 2.24) is 4.90 Å². The molecule has 3 aromatic rings. The van der Waals surface area contributed by atoms with Crippen molar-refractivity contribution in [3.05, 3.63) is 100 Å². The first kappa shape index (κ1) is 29.2. The van der Waals surface area contributed by atoms with Crippen LogP contribution in [0.2, 0.25) is 0 Å². The van der Waals surface area contributed by atoms with Gasteiger partial charge in [0.2, 0.25) is 5.91 Å². The molecule has 1 aliphatic heterocycles. The number of carbonyl (C=O) groups is 2. The molecule has 0 spiro atoms. The molecule has 4 rings (SSSR count). The lowest BCUT2D eigenvalue weighted by atomic mass is 9.90. The quantitative estimate of drug-likeness (QED) is 0.300. The highest BCUT2D eigenvalue weighted by atomic mass is 19.4. The van der Waals surface area contributed by atoms with Crippen molar-refractivity contribution in [2.75, 3.05) is 6.54 Å². The van der Waals surface area contributed by atoms with Gasteiger partial charge >= 0.3 is 12.1 Å². The average Bonchev–Trinajstić information content (AvgIpc) is 3.21. The Morgan fingerprint density at radius 1 is 1.00 bits per heavy atom. The zero-order chi connectivity index (χ0) is 29.1. The number of benzene rings is 3. The number of hydrogen-bond donors (Lipinski definition) is 1. The van der Waals surface area contributed by atoms with Crippen molar-refractivity contribution in [2.45, 2.75) is 70.7 Å². The molecule has 0 bridgehead atoms. The Labute approximate surface area is 232 Å². The van der Waals surface area contributed by atoms with Crippen LogP contribution in [-0.4, -0.2) is 34.0 Å². The zero-order valence-corrected chi connectivity index (χ0v) is 22.9. The first-order chi connectivity index (χ1) is 18.8. The predicted octanol–water partition coefficient (Wildman–Crippen LogP) is 6.81. The lowest BCUT2D eigenvalue weighted by Crippen LogP contribution is -2.35. The fourth-order valence-corrected chi connectivity index (χ4v) is 5.15. The number of carbonyl (C=O) groups excluding carboxylic acids is 1. The molecular weight excluding hydrogens is 519 g/mol. The predicted molar refractivity (Wildman–Crippen MR) is 146 cm³/mol. The molecule has 0 fully saturated rings. The second kappa shape index (κ2) is 11.7. The summed E-state index contributed by atoms with van der Waals surface area (Å²) in [5, 5.41) is 9.29. The number of carboxylic acid groups (broad SMARTS) is 1. The van der Waals surface area contributed by atoms with E-state index in [4.69, 9.17) is 4.74 Å². The summed E-state index contributed by atoms with van der Waals surface area (Å²) in [6, 6.07) is 19.0. The third-order valence-corrected chi connectivity index (χ3v) is 7.20. The van der Waals surface area contributed by atoms with Crippen molar-refractivity contribution < 1.29 is 32.6 Å². The topological polar surface area (TPSA) is 66.8 Å². The van der Waals surface area contributed by atoms with Crippen molar-refractivity contribution >= 4 is 11.9 Å². The Balaban J connectivity index is 1.39. The van der Waals surface area contributed by atoms with Crippen LogP contribution in [0.25, 0.3) is 0 Å². The maximum Gasteiger partial charge on any atom is 0.416 e. The van der Waals surface area contributed by atoms with E-state index in [-0.39, 0.29) is 24.1 Å². The number of halogens is 3. The first-order valence-corrected chi connectivity index (χ1v) is 13.4. The van der Waals surface area contributed by atoms with E-state index in [1.54, 1.807) is 0 Å². The minimum Gasteiger partial charge on any atom is -0.487 e. The van der Waals surface area contributed by atoms with Crippen LogP contribution in [0.5, 0.6) is 5.75 Å². The van der Waals surface area contributed by atoms with Gasteiger partial charge in [0, 0.05) is 25.8 Å². The van der Waals surface area contributed by atoms with Crippen LogP contribution in [0, 0.1) is 0 Å². The Hall–Kier alpha value is -3.81. The van der Waals surface area contributed by atoms with E-state index in [1.807, 2.05) is 18.2 Å². The van der Waals surface area contributed by atoms with Crippen LogP contribution in [0.3, 0.4) is 0 Å². The molecule has 0 aromatic heterocycles. The number of ether oxygens (including phenoxy) is 1. The summed E-state index contributed by atoms with van der Waals surface area (Å²) in [7, 11) is 0. The largest absolute Gasteiger partial charge is 0.487 e. The van der Waals surface area contributed by atoms with Crippen LogP contribution >= 0.6 is 0 Å². The highest BCUT2D eigenvalue weighted by Crippen LogP contribution is 2.38. The third-order valence-electron chi connectivity index (χ3n) is 7.20. The zero-order valence-electron chi connectivity index (χ0n) is 22.9. The van der Waals surface area contributed by atoms with Crippen molar-refractivity contribution in [3.8, 4) is 5.75 Å². The molecular formula is C32H34F3NO4. The standard InChI is InChI=1S/C32H34F3NO4/c1-21(2)25-11-7-23(8-12-25)17-31(3)18-26-15-22(9-13-28(26)40-31)10-14-29(37)36(20-30(38)39)19-24-5-4-6-27(16-24)32(33,34)35/h4-9,11-13,15-16,21H,10,14,17-20H2,1-3H3,(H,38,39)/t31-/m1/s1. The number of nitrogens with zero attached hydrogens (tertiary/aromatic N) is 1. The van der Waals surface area contributed by atoms with E-state index in [2.05, 4.69) is 45.0 Å². The molecule has 1 N–H and O–H groups in total. The summed E-state index contributed by atoms with van der Waals surface area (Å²) in [6.07, 6.45) is -2.64. The normalized spacial score (nSPS) is 16.5. The summed E-state index contributed by atoms with van der Waals surface area (Å²) in [6.45, 7) is 5.60. The van der Waals surface area contributed by atoms with Gasteiger partial charge in [0.1, 0.15) is 17.9 Å². The lowest BCUT2D eigenvalue weighted by molar-refractivity contribution is -0.145. The number of aryl methyl sites for hydroxylation is 1. The Morgan fingerprint density at radius 2 is 1.70 bits per heavy atom. The number of amides is 1. The number of hydrogen-bond acceptors (Lipinski definition) is 3. The van der Waals surface area contributed by atoms with Crippen molar-refractivity contribution in [3.63, 3.8) is 0 Å². The van der Waals surface area contributed by atoms with Gasteiger partial charge in [0.15, 0.2) is 0 Å². The highest BCUT2D eigenvalue weighted by molar-refractivity contribution is 5.81. The van der Waals surface area contributed by atoms with Crippen LogP contribution in [-0.2, 0) is 41.6 Å². The molecule has 1 heterocycles. The van der Waals surface area contributed by atoms with Gasteiger partial charge < -0.3 is 14.7 Å². The monoisotopic (exact) mass is 553 g/mol. The lowest BCUT2D eigenvalue weighted by Gasteiger charge is -2.24. The number of rotatable bonds is 10. The second-order valence-electron chi connectivity index (χ2n) is 11.1. The molecule has 0 saturated heterocycles. The van der Waals surface area contributed by atoms with Crippen LogP contribution in [0.1, 0.15) is 66.5 Å². The smallest absolute Gasteiger partial charge is 0.416 e. The molecule has 212 valence electrons. The first-order valence-electron chi connectivity index (χ1n) is 13.4. The van der Waals surface area contributed by atoms with Gasteiger partial charge in [-0.2, -0.15) is 13.2 Å². The Morgan fingerprint density at radius 3 is 2.35 bits per heavy atom. The maximum atomic E-state index is 13.1. The van der Waals surface area contributed by atoms with Gasteiger partial charge in [0.05, 0.1) is 5.56 Å². The van der Waals surface area contributed by atoms with E-state index in [9.17, 15) is 27.9 Å². The fraction of sp³-hybridized carbons (Fsp3) is 0.375. The van der Waals surface area contributed by atoms with Gasteiger partial charge in [-0.15, -0.1) is 0 Å². The Bertz CT molecular complexity index is 1370. The molecule has 0 aliphatic carbocycles. The number of aliphatic carboxylic acids is 1. The van der Waals surface area contributed by atoms with E-state index < -0.39 is 30.2 Å². The summed E-state index contributed by atoms with van der Waals surface area (Å²) in [5.74, 6) is -0.383. The van der Waals surface area contributed by atoms with Crippen molar-refractivity contribution in [2.24, 2.45) is 0 Å². The summed E-state index contributed by atoms with van der Waals surface area (Å²) < 4.78 is 45.6. The average molecular weight is 554 g/mol. The minimum absolute atomic E-state index is 0.0331. The van der Waals surface area contributed by atoms with E-state index >= 15 is 0 Å². The van der Waals surface area contributed by atoms with Gasteiger partial charge in [0.25, 0.3) is 0 Å². The highest BCUT2D eigenvalue weighted by Gasteiger charge is 2.35. The van der Waals surface area contributed by atoms with E-state index in [0.717, 1.165) is 46.8 Å². The van der Waals surface area contributed by atoms with Gasteiger partial charge in [-0.1, -0.05) is 62.4 Å². The number of carboxylic acids is 1. The summed E-state index contributed by atoms with van der Waals surface area (Å²) >= 11 is 0. The van der Waals surface area contributed by atoms with E-state index in [1.165, 1.54) is 23.3 Å². The van der Waals surface area contributed by atoms with Gasteiger partial charge in [-0.25, -0.2) is 0 Å². The molecule has 40 heavy (non-hydrogen) atoms. The third kappa shape index (κ3) is 7.43. The maximum absolute atomic E-state index is 13.1. The number of fused-ring (bicyclic) bond motifs is 1. The van der Waals surface area contributed by atoms with Gasteiger partial charge in [-0.3, -0.25) is 9.59 Å². The second-order valence-corrected chi connectivity index (χ2v) is 11.1. The molecule has 1 atom stereocenters. The molecule has 1 amide bonds. The van der Waals surface area contributed by atoms with Crippen LogP contribution in [0.15, 0.2) is 66.7 Å². The van der Waals surface area contributed by atoms with Crippen LogP contribution in [0.4, 0.5) is 13.2 Å². The Kier molecular flexibility index (Phi) is 8.57. The van der Waals surface area contributed by atoms with Crippen molar-refractivity contribution in [1.29, 1.82) is 0 Å². The number of alkyl halides is 3. The molecule has 3 aromatic carbocycles.